The summed E-state index contributed by atoms with van der Waals surface area (Å²) in [7, 11) is 3.99. The molecule has 1 aliphatic rings. The fourth-order valence-corrected chi connectivity index (χ4v) is 3.29. The maximum atomic E-state index is 5.80. The smallest absolute Gasteiger partial charge is 0.190 e. The van der Waals surface area contributed by atoms with Gasteiger partial charge in [0.05, 0.1) is 0 Å². The molecule has 2 rings (SSSR count). The molecule has 29 heavy (non-hydrogen) atoms. The zero-order chi connectivity index (χ0) is 19.9. The lowest BCUT2D eigenvalue weighted by Crippen LogP contribution is -2.39. The van der Waals surface area contributed by atoms with E-state index in [9.17, 15) is 0 Å². The number of hydrogen-bond acceptors (Lipinski definition) is 4. The summed E-state index contributed by atoms with van der Waals surface area (Å²) in [5.74, 6) is 1.55. The van der Waals surface area contributed by atoms with Gasteiger partial charge >= 0.3 is 0 Å². The van der Waals surface area contributed by atoms with Crippen molar-refractivity contribution in [3.05, 3.63) is 35.9 Å². The molecule has 0 saturated carbocycles. The number of guanidine groups is 1. The van der Waals surface area contributed by atoms with E-state index in [4.69, 9.17) is 9.47 Å². The number of ether oxygens (including phenoxy) is 2. The highest BCUT2D eigenvalue weighted by atomic mass is 127. The molecule has 7 heteroatoms. The highest BCUT2D eigenvalue weighted by Crippen LogP contribution is 2.14. The molecule has 0 aromatic heterocycles. The first-order valence-electron chi connectivity index (χ1n) is 10.6. The summed E-state index contributed by atoms with van der Waals surface area (Å²) in [5.41, 5.74) is 1.36. The van der Waals surface area contributed by atoms with Gasteiger partial charge in [-0.25, -0.2) is 0 Å². The lowest BCUT2D eigenvalue weighted by Gasteiger charge is -2.21. The summed E-state index contributed by atoms with van der Waals surface area (Å²) in [6.45, 7) is 7.28. The van der Waals surface area contributed by atoms with E-state index in [1.165, 1.54) is 5.56 Å². The average molecular weight is 518 g/mol. The molecule has 0 atom stereocenters. The SMILES string of the molecule is CN=C(NCCCOCC1CCOCC1)NCCCN(C)Cc1ccccc1.I. The molecule has 0 unspecified atom stereocenters. The number of nitrogens with zero attached hydrogens (tertiary/aromatic N) is 2. The van der Waals surface area contributed by atoms with Crippen LogP contribution in [0.5, 0.6) is 0 Å². The second-order valence-corrected chi connectivity index (χ2v) is 7.49. The third kappa shape index (κ3) is 12.4. The molecular formula is C22H39IN4O2. The number of benzene rings is 1. The Bertz CT molecular complexity index is 539. The van der Waals surface area contributed by atoms with E-state index >= 15 is 0 Å². The lowest BCUT2D eigenvalue weighted by atomic mass is 10.0. The van der Waals surface area contributed by atoms with Crippen molar-refractivity contribution in [2.24, 2.45) is 10.9 Å². The van der Waals surface area contributed by atoms with Crippen molar-refractivity contribution in [2.45, 2.75) is 32.2 Å². The minimum absolute atomic E-state index is 0. The van der Waals surface area contributed by atoms with Crippen LogP contribution >= 0.6 is 24.0 Å². The fourth-order valence-electron chi connectivity index (χ4n) is 3.29. The van der Waals surface area contributed by atoms with E-state index in [0.717, 1.165) is 84.2 Å². The molecule has 1 aliphatic heterocycles. The monoisotopic (exact) mass is 518 g/mol. The van der Waals surface area contributed by atoms with Crippen molar-refractivity contribution < 1.29 is 9.47 Å². The summed E-state index contributed by atoms with van der Waals surface area (Å²) >= 11 is 0. The number of halogens is 1. The molecule has 0 aliphatic carbocycles. The molecule has 1 heterocycles. The van der Waals surface area contributed by atoms with Gasteiger partial charge in [0.2, 0.25) is 0 Å². The van der Waals surface area contributed by atoms with E-state index in [1.807, 2.05) is 7.05 Å². The summed E-state index contributed by atoms with van der Waals surface area (Å²) in [4.78, 5) is 6.64. The number of nitrogens with one attached hydrogen (secondary N) is 2. The van der Waals surface area contributed by atoms with Gasteiger partial charge in [0.25, 0.3) is 0 Å². The van der Waals surface area contributed by atoms with Crippen molar-refractivity contribution in [3.63, 3.8) is 0 Å². The van der Waals surface area contributed by atoms with Gasteiger partial charge in [-0.15, -0.1) is 24.0 Å². The van der Waals surface area contributed by atoms with Crippen LogP contribution in [0.4, 0.5) is 0 Å². The van der Waals surface area contributed by atoms with Crippen LogP contribution in [0.15, 0.2) is 35.3 Å². The Balaban J connectivity index is 0.00000420. The molecule has 1 aromatic carbocycles. The zero-order valence-corrected chi connectivity index (χ0v) is 20.4. The molecule has 0 radical (unpaired) electrons. The van der Waals surface area contributed by atoms with Gasteiger partial charge in [0.1, 0.15) is 0 Å². The Morgan fingerprint density at radius 3 is 2.52 bits per heavy atom. The minimum atomic E-state index is 0. The number of rotatable bonds is 12. The molecular weight excluding hydrogens is 479 g/mol. The van der Waals surface area contributed by atoms with Crippen molar-refractivity contribution in [1.82, 2.24) is 15.5 Å². The maximum absolute atomic E-state index is 5.80. The predicted molar refractivity (Wildman–Crippen MR) is 131 cm³/mol. The van der Waals surface area contributed by atoms with Gasteiger partial charge in [-0.1, -0.05) is 30.3 Å². The molecule has 0 spiro atoms. The van der Waals surface area contributed by atoms with Crippen LogP contribution in [0, 0.1) is 5.92 Å². The van der Waals surface area contributed by atoms with Crippen LogP contribution in [-0.4, -0.2) is 71.0 Å². The quantitative estimate of drug-likeness (QED) is 0.193. The average Bonchev–Trinajstić information content (AvgIpc) is 2.73. The largest absolute Gasteiger partial charge is 0.381 e. The molecule has 6 nitrogen and oxygen atoms in total. The molecule has 0 bridgehead atoms. The molecule has 1 aromatic rings. The van der Waals surface area contributed by atoms with Gasteiger partial charge in [-0.2, -0.15) is 0 Å². The Hall–Kier alpha value is -0.900. The second-order valence-electron chi connectivity index (χ2n) is 7.49. The van der Waals surface area contributed by atoms with Crippen LogP contribution in [-0.2, 0) is 16.0 Å². The van der Waals surface area contributed by atoms with Crippen LogP contribution < -0.4 is 10.6 Å². The first-order valence-corrected chi connectivity index (χ1v) is 10.6. The highest BCUT2D eigenvalue weighted by molar-refractivity contribution is 14.0. The van der Waals surface area contributed by atoms with Gasteiger partial charge in [0.15, 0.2) is 5.96 Å². The first-order chi connectivity index (χ1) is 13.8. The van der Waals surface area contributed by atoms with Gasteiger partial charge in [-0.3, -0.25) is 4.99 Å². The molecule has 1 fully saturated rings. The standard InChI is InChI=1S/C22H38N4O2.HI/c1-23-22(25-13-7-15-28-19-21-10-16-27-17-11-21)24-12-6-14-26(2)18-20-8-4-3-5-9-20;/h3-5,8-9,21H,6-7,10-19H2,1-2H3,(H2,23,24,25);1H. The second kappa shape index (κ2) is 16.8. The summed E-state index contributed by atoms with van der Waals surface area (Å²) in [6, 6.07) is 10.6. The van der Waals surface area contributed by atoms with E-state index in [1.54, 1.807) is 0 Å². The Labute approximate surface area is 193 Å². The highest BCUT2D eigenvalue weighted by Gasteiger charge is 2.13. The van der Waals surface area contributed by atoms with Crippen molar-refractivity contribution in [2.75, 3.05) is 60.2 Å². The fraction of sp³-hybridized carbons (Fsp3) is 0.682. The van der Waals surface area contributed by atoms with Crippen LogP contribution in [0.1, 0.15) is 31.2 Å². The zero-order valence-electron chi connectivity index (χ0n) is 18.1. The van der Waals surface area contributed by atoms with E-state index in [2.05, 4.69) is 57.9 Å². The van der Waals surface area contributed by atoms with Gasteiger partial charge in [-0.05, 0) is 50.8 Å². The number of hydrogen-bond donors (Lipinski definition) is 2. The van der Waals surface area contributed by atoms with Crippen molar-refractivity contribution in [3.8, 4) is 0 Å². The first kappa shape index (κ1) is 26.1. The summed E-state index contributed by atoms with van der Waals surface area (Å²) in [6.07, 6.45) is 4.34. The van der Waals surface area contributed by atoms with Crippen LogP contribution in [0.25, 0.3) is 0 Å². The van der Waals surface area contributed by atoms with Gasteiger partial charge in [0, 0.05) is 53.1 Å². The van der Waals surface area contributed by atoms with Gasteiger partial charge < -0.3 is 25.0 Å². The third-order valence-corrected chi connectivity index (χ3v) is 4.98. The Morgan fingerprint density at radius 1 is 1.14 bits per heavy atom. The van der Waals surface area contributed by atoms with E-state index in [0.29, 0.717) is 5.92 Å². The normalized spacial score (nSPS) is 15.2. The maximum Gasteiger partial charge on any atom is 0.190 e. The molecule has 0 amide bonds. The van der Waals surface area contributed by atoms with E-state index in [-0.39, 0.29) is 24.0 Å². The third-order valence-electron chi connectivity index (χ3n) is 4.98. The summed E-state index contributed by atoms with van der Waals surface area (Å²) in [5, 5.41) is 6.75. The Morgan fingerprint density at radius 2 is 1.83 bits per heavy atom. The van der Waals surface area contributed by atoms with Crippen molar-refractivity contribution >= 4 is 29.9 Å². The lowest BCUT2D eigenvalue weighted by molar-refractivity contribution is 0.0203. The predicted octanol–water partition coefficient (Wildman–Crippen LogP) is 3.12. The minimum Gasteiger partial charge on any atom is -0.381 e. The van der Waals surface area contributed by atoms with Crippen LogP contribution in [0.2, 0.25) is 0 Å². The Kier molecular flexibility index (Phi) is 15.2. The number of aliphatic imine (C=N–C) groups is 1. The molecule has 1 saturated heterocycles. The molecule has 2 N–H and O–H groups in total. The van der Waals surface area contributed by atoms with E-state index < -0.39 is 0 Å². The van der Waals surface area contributed by atoms with Crippen molar-refractivity contribution in [1.29, 1.82) is 0 Å². The molecule has 166 valence electrons. The summed E-state index contributed by atoms with van der Waals surface area (Å²) < 4.78 is 11.2. The van der Waals surface area contributed by atoms with Crippen LogP contribution in [0.3, 0.4) is 0 Å². The topological polar surface area (TPSA) is 58.1 Å².